The third kappa shape index (κ3) is 3.17. The summed E-state index contributed by atoms with van der Waals surface area (Å²) < 4.78 is 26.4. The molecule has 0 spiro atoms. The first-order chi connectivity index (χ1) is 9.42. The maximum absolute atomic E-state index is 12.1. The van der Waals surface area contributed by atoms with E-state index in [4.69, 9.17) is 28.5 Å². The van der Waals surface area contributed by atoms with E-state index in [0.717, 1.165) is 0 Å². The number of halogens is 2. The maximum Gasteiger partial charge on any atom is 0.263 e. The summed E-state index contributed by atoms with van der Waals surface area (Å²) in [6, 6.07) is 5.63. The van der Waals surface area contributed by atoms with Crippen LogP contribution >= 0.6 is 23.2 Å². The van der Waals surface area contributed by atoms with E-state index in [0.29, 0.717) is 0 Å². The van der Waals surface area contributed by atoms with Gasteiger partial charge in [0, 0.05) is 0 Å². The summed E-state index contributed by atoms with van der Waals surface area (Å²) >= 11 is 11.4. The maximum atomic E-state index is 12.1. The van der Waals surface area contributed by atoms with Crippen molar-refractivity contribution in [3.63, 3.8) is 0 Å². The van der Waals surface area contributed by atoms with Gasteiger partial charge < -0.3 is 0 Å². The molecule has 0 atom stereocenters. The van der Waals surface area contributed by atoms with Gasteiger partial charge in [0.2, 0.25) is 0 Å². The molecule has 6 nitrogen and oxygen atoms in total. The fourth-order valence-electron chi connectivity index (χ4n) is 1.32. The zero-order chi connectivity index (χ0) is 14.8. The summed E-state index contributed by atoms with van der Waals surface area (Å²) in [5, 5.41) is 8.94. The Kier molecular flexibility index (Phi) is 4.09. The van der Waals surface area contributed by atoms with Crippen LogP contribution in [0.1, 0.15) is 5.56 Å². The van der Waals surface area contributed by atoms with Gasteiger partial charge in [-0.15, -0.1) is 0 Å². The van der Waals surface area contributed by atoms with Crippen LogP contribution in [0.3, 0.4) is 0 Å². The summed E-state index contributed by atoms with van der Waals surface area (Å²) in [5.74, 6) is 0.0230. The van der Waals surface area contributed by atoms with Gasteiger partial charge in [-0.05, 0) is 18.2 Å². The van der Waals surface area contributed by atoms with Crippen molar-refractivity contribution < 1.29 is 8.42 Å². The minimum absolute atomic E-state index is 0.0230. The highest BCUT2D eigenvalue weighted by atomic mass is 35.5. The summed E-state index contributed by atoms with van der Waals surface area (Å²) in [6.07, 6.45) is 2.40. The predicted octanol–water partition coefficient (Wildman–Crippen LogP) is 2.46. The molecule has 2 aromatic rings. The van der Waals surface area contributed by atoms with Gasteiger partial charge in [-0.25, -0.2) is 18.4 Å². The van der Waals surface area contributed by atoms with Gasteiger partial charge in [0.1, 0.15) is 11.2 Å². The molecule has 0 aliphatic heterocycles. The van der Waals surface area contributed by atoms with Crippen LogP contribution in [0.25, 0.3) is 0 Å². The van der Waals surface area contributed by atoms with Crippen LogP contribution in [0.15, 0.2) is 35.5 Å². The highest BCUT2D eigenvalue weighted by Crippen LogP contribution is 2.21. The van der Waals surface area contributed by atoms with Gasteiger partial charge in [-0.2, -0.15) is 5.26 Å². The van der Waals surface area contributed by atoms with Crippen LogP contribution in [0, 0.1) is 11.3 Å². The molecule has 0 aliphatic carbocycles. The molecular formula is C11H6Cl2N4O2S. The number of aromatic nitrogens is 2. The number of nitrogens with zero attached hydrogens (tertiary/aromatic N) is 3. The molecule has 0 fully saturated rings. The average molecular weight is 329 g/mol. The smallest absolute Gasteiger partial charge is 0.262 e. The van der Waals surface area contributed by atoms with Gasteiger partial charge in [-0.3, -0.25) is 4.72 Å². The van der Waals surface area contributed by atoms with Crippen LogP contribution in [-0.4, -0.2) is 18.4 Å². The molecule has 102 valence electrons. The fourth-order valence-corrected chi connectivity index (χ4v) is 2.72. The Hall–Kier alpha value is -1.88. The number of rotatable bonds is 3. The van der Waals surface area contributed by atoms with Crippen LogP contribution < -0.4 is 4.72 Å². The Bertz CT molecular complexity index is 785. The number of anilines is 1. The molecule has 1 N–H and O–H groups in total. The molecular weight excluding hydrogens is 323 g/mol. The fraction of sp³-hybridized carbons (Fsp3) is 0. The monoisotopic (exact) mass is 328 g/mol. The Balaban J connectivity index is 2.33. The SMILES string of the molecule is N#Cc1ccc(S(=O)(=O)Nc2cnc(Cl)cn2)cc1Cl. The topological polar surface area (TPSA) is 95.7 Å². The molecule has 0 radical (unpaired) electrons. The van der Waals surface area contributed by atoms with E-state index in [-0.39, 0.29) is 26.5 Å². The van der Waals surface area contributed by atoms with Gasteiger partial charge in [0.25, 0.3) is 10.0 Å². The molecule has 0 aliphatic rings. The summed E-state index contributed by atoms with van der Waals surface area (Å²) in [4.78, 5) is 7.40. The Morgan fingerprint density at radius 1 is 1.20 bits per heavy atom. The second kappa shape index (κ2) is 5.63. The van der Waals surface area contributed by atoms with Gasteiger partial charge in [0.05, 0.1) is 27.9 Å². The van der Waals surface area contributed by atoms with Crippen LogP contribution in [0.4, 0.5) is 5.82 Å². The predicted molar refractivity (Wildman–Crippen MR) is 74.0 cm³/mol. The Morgan fingerprint density at radius 3 is 2.50 bits per heavy atom. The number of hydrogen-bond donors (Lipinski definition) is 1. The first-order valence-electron chi connectivity index (χ1n) is 5.12. The van der Waals surface area contributed by atoms with Gasteiger partial charge in [0.15, 0.2) is 5.82 Å². The van der Waals surface area contributed by atoms with E-state index in [2.05, 4.69) is 14.7 Å². The lowest BCUT2D eigenvalue weighted by Crippen LogP contribution is -2.14. The molecule has 2 rings (SSSR count). The van der Waals surface area contributed by atoms with Crippen molar-refractivity contribution in [2.45, 2.75) is 4.90 Å². The molecule has 9 heteroatoms. The van der Waals surface area contributed by atoms with E-state index in [1.165, 1.54) is 30.6 Å². The minimum atomic E-state index is -3.86. The van der Waals surface area contributed by atoms with Gasteiger partial charge >= 0.3 is 0 Å². The van der Waals surface area contributed by atoms with Gasteiger partial charge in [-0.1, -0.05) is 23.2 Å². The number of nitriles is 1. The quantitative estimate of drug-likeness (QED) is 0.933. The van der Waals surface area contributed by atoms with Crippen molar-refractivity contribution in [1.29, 1.82) is 5.26 Å². The lowest BCUT2D eigenvalue weighted by atomic mass is 10.2. The third-order valence-corrected chi connectivity index (χ3v) is 4.09. The highest BCUT2D eigenvalue weighted by molar-refractivity contribution is 7.92. The first-order valence-corrected chi connectivity index (χ1v) is 7.36. The lowest BCUT2D eigenvalue weighted by Gasteiger charge is -2.07. The largest absolute Gasteiger partial charge is 0.263 e. The molecule has 1 aromatic heterocycles. The number of hydrogen-bond acceptors (Lipinski definition) is 5. The average Bonchev–Trinajstić information content (AvgIpc) is 2.41. The molecule has 0 saturated heterocycles. The zero-order valence-corrected chi connectivity index (χ0v) is 12.0. The van der Waals surface area contributed by atoms with Crippen molar-refractivity contribution in [2.24, 2.45) is 0 Å². The Morgan fingerprint density at radius 2 is 1.95 bits per heavy atom. The highest BCUT2D eigenvalue weighted by Gasteiger charge is 2.16. The minimum Gasteiger partial charge on any atom is -0.262 e. The lowest BCUT2D eigenvalue weighted by molar-refractivity contribution is 0.601. The first kappa shape index (κ1) is 14.5. The van der Waals surface area contributed by atoms with Crippen molar-refractivity contribution in [2.75, 3.05) is 4.72 Å². The van der Waals surface area contributed by atoms with Crippen molar-refractivity contribution in [1.82, 2.24) is 9.97 Å². The molecule has 0 unspecified atom stereocenters. The van der Waals surface area contributed by atoms with Crippen molar-refractivity contribution in [3.8, 4) is 6.07 Å². The summed E-state index contributed by atoms with van der Waals surface area (Å²) in [5.41, 5.74) is 0.192. The number of nitrogens with one attached hydrogen (secondary N) is 1. The summed E-state index contributed by atoms with van der Waals surface area (Å²) in [7, 11) is -3.86. The zero-order valence-electron chi connectivity index (χ0n) is 9.71. The molecule has 0 bridgehead atoms. The molecule has 20 heavy (non-hydrogen) atoms. The van der Waals surface area contributed by atoms with Crippen LogP contribution in [0.5, 0.6) is 0 Å². The van der Waals surface area contributed by atoms with E-state index in [9.17, 15) is 8.42 Å². The molecule has 1 heterocycles. The molecule has 0 saturated carbocycles. The normalized spacial score (nSPS) is 10.8. The third-order valence-electron chi connectivity index (χ3n) is 2.23. The summed E-state index contributed by atoms with van der Waals surface area (Å²) in [6.45, 7) is 0. The molecule has 0 amide bonds. The van der Waals surface area contributed by atoms with E-state index in [1.807, 2.05) is 6.07 Å². The van der Waals surface area contributed by atoms with Crippen molar-refractivity contribution in [3.05, 3.63) is 46.3 Å². The number of sulfonamides is 1. The van der Waals surface area contributed by atoms with Crippen molar-refractivity contribution >= 4 is 39.0 Å². The molecule has 1 aromatic carbocycles. The second-order valence-corrected chi connectivity index (χ2v) is 6.06. The Labute approximate surface area is 125 Å². The van der Waals surface area contributed by atoms with E-state index in [1.54, 1.807) is 0 Å². The van der Waals surface area contributed by atoms with Crippen LogP contribution in [-0.2, 0) is 10.0 Å². The van der Waals surface area contributed by atoms with E-state index < -0.39 is 10.0 Å². The van der Waals surface area contributed by atoms with Crippen LogP contribution in [0.2, 0.25) is 10.2 Å². The number of benzene rings is 1. The standard InChI is InChI=1S/C11H6Cl2N4O2S/c12-9-3-8(2-1-7(9)4-14)20(18,19)17-11-6-15-10(13)5-16-11/h1-3,5-6H,(H,16,17). The van der Waals surface area contributed by atoms with E-state index >= 15 is 0 Å². The second-order valence-electron chi connectivity index (χ2n) is 3.58.